The van der Waals surface area contributed by atoms with Crippen molar-refractivity contribution in [2.75, 3.05) is 4.90 Å². The van der Waals surface area contributed by atoms with E-state index in [-0.39, 0.29) is 0 Å². The van der Waals surface area contributed by atoms with Crippen LogP contribution in [0.25, 0.3) is 22.3 Å². The zero-order valence-electron chi connectivity index (χ0n) is 19.1. The quantitative estimate of drug-likeness (QED) is 0.274. The molecule has 162 valence electrons. The van der Waals surface area contributed by atoms with Crippen molar-refractivity contribution in [1.29, 1.82) is 0 Å². The molecule has 3 aliphatic rings. The molecule has 33 heavy (non-hydrogen) atoms. The molecule has 0 aromatic heterocycles. The number of hydrogen-bond acceptors (Lipinski definition) is 1. The van der Waals surface area contributed by atoms with E-state index in [4.69, 9.17) is 0 Å². The number of anilines is 2. The van der Waals surface area contributed by atoms with Gasteiger partial charge in [0.1, 0.15) is 0 Å². The van der Waals surface area contributed by atoms with Crippen molar-refractivity contribution >= 4 is 11.4 Å². The van der Waals surface area contributed by atoms with E-state index in [1.54, 1.807) is 0 Å². The second kappa shape index (κ2) is 7.63. The highest BCUT2D eigenvalue weighted by molar-refractivity contribution is 5.88. The number of benzene rings is 4. The van der Waals surface area contributed by atoms with E-state index >= 15 is 0 Å². The third-order valence-electron chi connectivity index (χ3n) is 8.11. The molecule has 0 aliphatic heterocycles. The molecule has 3 aliphatic carbocycles. The molecular weight excluding hydrogens is 398 g/mol. The van der Waals surface area contributed by atoms with E-state index in [0.717, 1.165) is 12.8 Å². The first-order valence-electron chi connectivity index (χ1n) is 12.6. The van der Waals surface area contributed by atoms with E-state index in [0.29, 0.717) is 6.04 Å². The Morgan fingerprint density at radius 1 is 0.485 bits per heavy atom. The maximum atomic E-state index is 2.76. The van der Waals surface area contributed by atoms with Gasteiger partial charge in [0.25, 0.3) is 0 Å². The average molecular weight is 428 g/mol. The fourth-order valence-corrected chi connectivity index (χ4v) is 6.59. The van der Waals surface area contributed by atoms with Crippen LogP contribution in [0.4, 0.5) is 11.4 Å². The summed E-state index contributed by atoms with van der Waals surface area (Å²) in [5.41, 5.74) is 14.5. The molecule has 0 N–H and O–H groups in total. The maximum absolute atomic E-state index is 2.76. The molecule has 0 atom stereocenters. The van der Waals surface area contributed by atoms with E-state index in [1.807, 2.05) is 0 Å². The highest BCUT2D eigenvalue weighted by Gasteiger charge is 2.31. The molecule has 4 aromatic carbocycles. The van der Waals surface area contributed by atoms with Gasteiger partial charge in [-0.1, -0.05) is 92.1 Å². The first-order valence-corrected chi connectivity index (χ1v) is 12.6. The summed E-state index contributed by atoms with van der Waals surface area (Å²) in [5.74, 6) is 0. The van der Waals surface area contributed by atoms with Crippen LogP contribution < -0.4 is 4.90 Å². The summed E-state index contributed by atoms with van der Waals surface area (Å²) in [6, 6.07) is 32.5. The van der Waals surface area contributed by atoms with Crippen molar-refractivity contribution in [2.45, 2.75) is 51.0 Å². The molecule has 1 saturated carbocycles. The molecule has 0 heterocycles. The average Bonchev–Trinajstić information content (AvgIpc) is 3.44. The summed E-state index contributed by atoms with van der Waals surface area (Å²) in [4.78, 5) is 2.76. The minimum Gasteiger partial charge on any atom is -0.338 e. The first-order chi connectivity index (χ1) is 16.4. The summed E-state index contributed by atoms with van der Waals surface area (Å²) in [6.45, 7) is 0. The number of hydrogen-bond donors (Lipinski definition) is 0. The second-order valence-electron chi connectivity index (χ2n) is 9.94. The van der Waals surface area contributed by atoms with Gasteiger partial charge in [-0.25, -0.2) is 0 Å². The molecule has 1 fully saturated rings. The smallest absolute Gasteiger partial charge is 0.0455 e. The second-order valence-corrected chi connectivity index (χ2v) is 9.94. The first kappa shape index (κ1) is 19.2. The highest BCUT2D eigenvalue weighted by atomic mass is 15.2. The fourth-order valence-electron chi connectivity index (χ4n) is 6.59. The highest BCUT2D eigenvalue weighted by Crippen LogP contribution is 2.48. The molecule has 0 saturated heterocycles. The van der Waals surface area contributed by atoms with Crippen LogP contribution in [0.3, 0.4) is 0 Å². The Bertz CT molecular complexity index is 1260. The normalized spacial score (nSPS) is 16.1. The Hall–Kier alpha value is -3.32. The van der Waals surface area contributed by atoms with E-state index in [2.05, 4.69) is 89.8 Å². The van der Waals surface area contributed by atoms with Gasteiger partial charge in [-0.3, -0.25) is 0 Å². The lowest BCUT2D eigenvalue weighted by Crippen LogP contribution is -2.34. The van der Waals surface area contributed by atoms with Crippen LogP contribution in [-0.2, 0) is 12.8 Å². The van der Waals surface area contributed by atoms with Crippen LogP contribution in [-0.4, -0.2) is 6.04 Å². The molecule has 1 heteroatoms. The van der Waals surface area contributed by atoms with Crippen molar-refractivity contribution in [3.8, 4) is 22.3 Å². The van der Waals surface area contributed by atoms with Gasteiger partial charge in [0.2, 0.25) is 0 Å². The molecule has 0 spiro atoms. The van der Waals surface area contributed by atoms with Crippen LogP contribution >= 0.6 is 0 Å². The van der Waals surface area contributed by atoms with Gasteiger partial charge in [0, 0.05) is 30.3 Å². The minimum absolute atomic E-state index is 0.573. The monoisotopic (exact) mass is 427 g/mol. The van der Waals surface area contributed by atoms with Gasteiger partial charge >= 0.3 is 0 Å². The van der Waals surface area contributed by atoms with Crippen LogP contribution in [0.1, 0.15) is 54.4 Å². The molecule has 4 aromatic rings. The predicted octanol–water partition coefficient (Wildman–Crippen LogP) is 8.30. The van der Waals surface area contributed by atoms with Gasteiger partial charge in [-0.15, -0.1) is 0 Å². The molecule has 7 rings (SSSR count). The standard InChI is InChI=1S/C32H29N/c1-2-12-24(13-3-1)33(31-18-8-16-27-25-14-6-4-10-22(25)20-29(27)31)32-19-9-17-28-26-15-7-5-11-23(26)21-30(28)32/h4-11,14-19,24H,1-3,12-13,20-21H2. The molecular formula is C32H29N. The summed E-state index contributed by atoms with van der Waals surface area (Å²) in [7, 11) is 0. The maximum Gasteiger partial charge on any atom is 0.0455 e. The van der Waals surface area contributed by atoms with Crippen LogP contribution in [0.15, 0.2) is 84.9 Å². The van der Waals surface area contributed by atoms with Crippen molar-refractivity contribution in [3.63, 3.8) is 0 Å². The van der Waals surface area contributed by atoms with Crippen LogP contribution in [0.5, 0.6) is 0 Å². The SMILES string of the molecule is c1ccc2c(c1)Cc1c-2cccc1N(c1cccc2c1Cc1ccccc1-2)C1CCCCC1. The van der Waals surface area contributed by atoms with Gasteiger partial charge in [-0.2, -0.15) is 0 Å². The Labute approximate surface area is 196 Å². The molecule has 0 bridgehead atoms. The van der Waals surface area contributed by atoms with Crippen molar-refractivity contribution in [1.82, 2.24) is 0 Å². The number of nitrogens with zero attached hydrogens (tertiary/aromatic N) is 1. The molecule has 0 radical (unpaired) electrons. The number of rotatable bonds is 3. The Kier molecular flexibility index (Phi) is 4.43. The number of fused-ring (bicyclic) bond motifs is 6. The summed E-state index contributed by atoms with van der Waals surface area (Å²) in [5, 5.41) is 0. The zero-order valence-corrected chi connectivity index (χ0v) is 19.1. The lowest BCUT2D eigenvalue weighted by Gasteiger charge is -2.38. The Morgan fingerprint density at radius 2 is 0.970 bits per heavy atom. The zero-order chi connectivity index (χ0) is 21.8. The largest absolute Gasteiger partial charge is 0.338 e. The van der Waals surface area contributed by atoms with Crippen molar-refractivity contribution in [3.05, 3.63) is 107 Å². The fraction of sp³-hybridized carbons (Fsp3) is 0.250. The molecule has 0 unspecified atom stereocenters. The topological polar surface area (TPSA) is 3.24 Å². The van der Waals surface area contributed by atoms with Gasteiger partial charge in [-0.05, 0) is 69.5 Å². The third-order valence-corrected chi connectivity index (χ3v) is 8.11. The van der Waals surface area contributed by atoms with Gasteiger partial charge in [0.05, 0.1) is 0 Å². The van der Waals surface area contributed by atoms with Crippen LogP contribution in [0, 0.1) is 0 Å². The Balaban J connectivity index is 1.42. The van der Waals surface area contributed by atoms with Gasteiger partial charge < -0.3 is 4.90 Å². The summed E-state index contributed by atoms with van der Waals surface area (Å²) < 4.78 is 0. The third kappa shape index (κ3) is 2.99. The Morgan fingerprint density at radius 3 is 1.52 bits per heavy atom. The van der Waals surface area contributed by atoms with Gasteiger partial charge in [0.15, 0.2) is 0 Å². The van der Waals surface area contributed by atoms with E-state index in [1.165, 1.54) is 88.0 Å². The lowest BCUT2D eigenvalue weighted by molar-refractivity contribution is 0.435. The summed E-state index contributed by atoms with van der Waals surface area (Å²) in [6.07, 6.45) is 8.71. The van der Waals surface area contributed by atoms with E-state index < -0.39 is 0 Å². The lowest BCUT2D eigenvalue weighted by atomic mass is 9.91. The predicted molar refractivity (Wildman–Crippen MR) is 138 cm³/mol. The molecule has 0 amide bonds. The minimum atomic E-state index is 0.573. The molecule has 1 nitrogen and oxygen atoms in total. The van der Waals surface area contributed by atoms with Crippen molar-refractivity contribution < 1.29 is 0 Å². The van der Waals surface area contributed by atoms with Crippen molar-refractivity contribution in [2.24, 2.45) is 0 Å². The van der Waals surface area contributed by atoms with Crippen LogP contribution in [0.2, 0.25) is 0 Å². The van der Waals surface area contributed by atoms with E-state index in [9.17, 15) is 0 Å². The summed E-state index contributed by atoms with van der Waals surface area (Å²) >= 11 is 0.